The first kappa shape index (κ1) is 25.6. The molecular formula is C14H15F4NO9S2. The van der Waals surface area contributed by atoms with Gasteiger partial charge in [0.15, 0.2) is 13.2 Å². The summed E-state index contributed by atoms with van der Waals surface area (Å²) in [4.78, 5) is 23.9. The largest absolute Gasteiger partial charge is 0.456 e. The maximum absolute atomic E-state index is 13.2. The minimum absolute atomic E-state index is 0.445. The molecule has 2 N–H and O–H groups in total. The topological polar surface area (TPSA) is 153 Å². The van der Waals surface area contributed by atoms with Crippen LogP contribution in [0, 0.1) is 0 Å². The predicted molar refractivity (Wildman–Crippen MR) is 92.6 cm³/mol. The molecular weight excluding hydrogens is 466 g/mol. The second-order valence-corrected chi connectivity index (χ2v) is 9.30. The van der Waals surface area contributed by atoms with E-state index < -0.39 is 73.3 Å². The molecule has 0 heterocycles. The number of ether oxygens (including phenoxy) is 2. The zero-order valence-electron chi connectivity index (χ0n) is 15.2. The van der Waals surface area contributed by atoms with E-state index in [1.165, 1.54) is 0 Å². The maximum atomic E-state index is 13.2. The zero-order valence-corrected chi connectivity index (χ0v) is 16.8. The number of hydrogen-bond donors (Lipinski definition) is 2. The summed E-state index contributed by atoms with van der Waals surface area (Å²) in [5.74, 6) is -6.46. The number of carbonyl (C=O) groups is 2. The van der Waals surface area contributed by atoms with Crippen LogP contribution in [0.4, 0.5) is 23.2 Å². The van der Waals surface area contributed by atoms with Crippen LogP contribution in [0.15, 0.2) is 18.2 Å². The van der Waals surface area contributed by atoms with Gasteiger partial charge in [-0.1, -0.05) is 0 Å². The average Bonchev–Trinajstić information content (AvgIpc) is 2.54. The predicted octanol–water partition coefficient (Wildman–Crippen LogP) is 1.51. The lowest BCUT2D eigenvalue weighted by Crippen LogP contribution is -2.34. The first-order valence-electron chi connectivity index (χ1n) is 7.50. The second kappa shape index (κ2) is 8.73. The summed E-state index contributed by atoms with van der Waals surface area (Å²) < 4.78 is 114. The molecule has 0 radical (unpaired) electrons. The molecule has 0 spiro atoms. The minimum atomic E-state index is -5.90. The van der Waals surface area contributed by atoms with Gasteiger partial charge in [-0.25, -0.2) is 26.8 Å². The molecule has 0 aliphatic rings. The Kier molecular flexibility index (Phi) is 7.44. The van der Waals surface area contributed by atoms with Gasteiger partial charge in [-0.15, -0.1) is 0 Å². The van der Waals surface area contributed by atoms with Gasteiger partial charge in [-0.05, 0) is 18.2 Å². The third-order valence-electron chi connectivity index (χ3n) is 2.91. The summed E-state index contributed by atoms with van der Waals surface area (Å²) in [6.45, 7) is -3.01. The molecule has 10 nitrogen and oxygen atoms in total. The molecule has 0 saturated heterocycles. The number of carbonyl (C=O) groups excluding carboxylic acids is 2. The summed E-state index contributed by atoms with van der Waals surface area (Å²) in [6, 6.07) is 2.19. The van der Waals surface area contributed by atoms with E-state index in [0.717, 1.165) is 12.1 Å². The second-order valence-electron chi connectivity index (χ2n) is 6.01. The number of anilines is 1. The van der Waals surface area contributed by atoms with Crippen molar-refractivity contribution in [3.05, 3.63) is 29.3 Å². The Morgan fingerprint density at radius 2 is 1.40 bits per heavy atom. The SMILES string of the molecule is CC(F)(F)COC(=O)c1cc(NS(C)(=O)=O)cc(C(=O)OCC(F)(F)S(=O)(=O)O)c1. The van der Waals surface area contributed by atoms with E-state index in [2.05, 4.69) is 9.47 Å². The fraction of sp³-hybridized carbons (Fsp3) is 0.429. The quantitative estimate of drug-likeness (QED) is 0.303. The first-order chi connectivity index (χ1) is 13.3. The highest BCUT2D eigenvalue weighted by Crippen LogP contribution is 2.23. The molecule has 16 heteroatoms. The molecule has 0 aromatic heterocycles. The van der Waals surface area contributed by atoms with Crippen LogP contribution in [-0.4, -0.2) is 64.0 Å². The Labute approximate surface area is 168 Å². The van der Waals surface area contributed by atoms with Gasteiger partial charge in [-0.2, -0.15) is 17.2 Å². The number of sulfonamides is 1. The van der Waals surface area contributed by atoms with Crippen LogP contribution >= 0.6 is 0 Å². The highest BCUT2D eigenvalue weighted by molar-refractivity contribution is 7.92. The van der Waals surface area contributed by atoms with Crippen LogP contribution in [0.1, 0.15) is 27.6 Å². The summed E-state index contributed by atoms with van der Waals surface area (Å²) in [7, 11) is -9.86. The molecule has 30 heavy (non-hydrogen) atoms. The van der Waals surface area contributed by atoms with Crippen molar-refractivity contribution in [1.82, 2.24) is 0 Å². The lowest BCUT2D eigenvalue weighted by Gasteiger charge is -2.15. The fourth-order valence-corrected chi connectivity index (χ4v) is 2.47. The summed E-state index contributed by atoms with van der Waals surface area (Å²) >= 11 is 0. The van der Waals surface area contributed by atoms with Crippen LogP contribution in [0.2, 0.25) is 0 Å². The van der Waals surface area contributed by atoms with Crippen LogP contribution in [0.25, 0.3) is 0 Å². The Morgan fingerprint density at radius 3 is 1.77 bits per heavy atom. The van der Waals surface area contributed by atoms with Gasteiger partial charge in [0.25, 0.3) is 5.92 Å². The van der Waals surface area contributed by atoms with Crippen molar-refractivity contribution in [2.45, 2.75) is 18.1 Å². The van der Waals surface area contributed by atoms with Crippen LogP contribution in [0.5, 0.6) is 0 Å². The fourth-order valence-electron chi connectivity index (χ4n) is 1.72. The Balaban J connectivity index is 3.21. The van der Waals surface area contributed by atoms with Gasteiger partial charge in [0, 0.05) is 6.92 Å². The molecule has 1 rings (SSSR count). The summed E-state index contributed by atoms with van der Waals surface area (Å²) in [6.07, 6.45) is 0.695. The standard InChI is InChI=1S/C14H15F4NO9S2/c1-13(15,16)6-27-11(20)8-3-9(5-10(4-8)19-29(2,22)23)12(21)28-7-14(17,18)30(24,25)26/h3-5,19H,6-7H2,1-2H3,(H,24,25,26). The van der Waals surface area contributed by atoms with Crippen molar-refractivity contribution < 1.29 is 58.0 Å². The number of nitrogens with one attached hydrogen (secondary N) is 1. The van der Waals surface area contributed by atoms with Gasteiger partial charge in [0.05, 0.1) is 23.1 Å². The van der Waals surface area contributed by atoms with Gasteiger partial charge in [-0.3, -0.25) is 9.27 Å². The number of hydrogen-bond acceptors (Lipinski definition) is 8. The van der Waals surface area contributed by atoms with Crippen molar-refractivity contribution in [3.63, 3.8) is 0 Å². The van der Waals surface area contributed by atoms with Gasteiger partial charge >= 0.3 is 27.3 Å². The van der Waals surface area contributed by atoms with E-state index in [4.69, 9.17) is 4.55 Å². The monoisotopic (exact) mass is 481 g/mol. The Hall–Kier alpha value is -2.46. The molecule has 0 atom stereocenters. The molecule has 0 aliphatic heterocycles. The summed E-state index contributed by atoms with van der Waals surface area (Å²) in [5, 5.41) is -4.85. The van der Waals surface area contributed by atoms with E-state index in [-0.39, 0.29) is 0 Å². The average molecular weight is 481 g/mol. The molecule has 170 valence electrons. The van der Waals surface area contributed by atoms with Crippen molar-refractivity contribution in [3.8, 4) is 0 Å². The Bertz CT molecular complexity index is 1030. The third kappa shape index (κ3) is 8.11. The van der Waals surface area contributed by atoms with E-state index in [1.807, 2.05) is 4.72 Å². The van der Waals surface area contributed by atoms with Crippen LogP contribution < -0.4 is 4.72 Å². The zero-order chi connectivity index (χ0) is 23.5. The number of esters is 2. The third-order valence-corrected chi connectivity index (χ3v) is 4.39. The highest BCUT2D eigenvalue weighted by Gasteiger charge is 2.45. The molecule has 0 saturated carbocycles. The van der Waals surface area contributed by atoms with Crippen molar-refractivity contribution in [2.24, 2.45) is 0 Å². The van der Waals surface area contributed by atoms with Gasteiger partial charge in [0.1, 0.15) is 0 Å². The molecule has 0 aliphatic carbocycles. The van der Waals surface area contributed by atoms with Crippen LogP contribution in [-0.2, 0) is 29.6 Å². The minimum Gasteiger partial charge on any atom is -0.456 e. The highest BCUT2D eigenvalue weighted by atomic mass is 32.2. The maximum Gasteiger partial charge on any atom is 0.402 e. The number of halogens is 4. The molecule has 0 bridgehead atoms. The van der Waals surface area contributed by atoms with Crippen LogP contribution in [0.3, 0.4) is 0 Å². The van der Waals surface area contributed by atoms with Crippen molar-refractivity contribution in [1.29, 1.82) is 0 Å². The van der Waals surface area contributed by atoms with E-state index >= 15 is 0 Å². The van der Waals surface area contributed by atoms with E-state index in [0.29, 0.717) is 19.2 Å². The normalized spacial score (nSPS) is 12.9. The molecule has 0 amide bonds. The molecule has 1 aromatic carbocycles. The smallest absolute Gasteiger partial charge is 0.402 e. The number of benzene rings is 1. The number of alkyl halides is 4. The van der Waals surface area contributed by atoms with Gasteiger partial charge in [0.2, 0.25) is 10.0 Å². The van der Waals surface area contributed by atoms with E-state index in [1.54, 1.807) is 0 Å². The molecule has 0 fully saturated rings. The van der Waals surface area contributed by atoms with Crippen molar-refractivity contribution >= 4 is 37.8 Å². The lowest BCUT2D eigenvalue weighted by molar-refractivity contribution is -0.0467. The van der Waals surface area contributed by atoms with Crippen molar-refractivity contribution in [2.75, 3.05) is 24.2 Å². The molecule has 1 aromatic rings. The molecule has 0 unspecified atom stereocenters. The van der Waals surface area contributed by atoms with Gasteiger partial charge < -0.3 is 9.47 Å². The summed E-state index contributed by atoms with van der Waals surface area (Å²) in [5.41, 5.74) is -1.81. The Morgan fingerprint density at radius 1 is 0.967 bits per heavy atom. The first-order valence-corrected chi connectivity index (χ1v) is 10.8. The van der Waals surface area contributed by atoms with E-state index in [9.17, 15) is 44.0 Å². The lowest BCUT2D eigenvalue weighted by atomic mass is 10.1. The number of rotatable bonds is 9.